The van der Waals surface area contributed by atoms with Gasteiger partial charge in [-0.25, -0.2) is 0 Å². The molecule has 3 unspecified atom stereocenters. The summed E-state index contributed by atoms with van der Waals surface area (Å²) in [6, 6.07) is 13.2. The van der Waals surface area contributed by atoms with Gasteiger partial charge >= 0.3 is 0 Å². The quantitative estimate of drug-likeness (QED) is 0.801. The molecule has 1 amide bonds. The number of fused-ring (bicyclic) bond motifs is 3. The molecule has 2 aromatic rings. The highest BCUT2D eigenvalue weighted by molar-refractivity contribution is 5.77. The molecular formula is C25H33N3O3. The van der Waals surface area contributed by atoms with Crippen LogP contribution in [0.4, 0.5) is 0 Å². The smallest absolute Gasteiger partial charge is 0.259 e. The molecule has 0 aliphatic carbocycles. The van der Waals surface area contributed by atoms with Crippen molar-refractivity contribution < 1.29 is 14.3 Å². The van der Waals surface area contributed by atoms with Gasteiger partial charge in [0, 0.05) is 50.7 Å². The summed E-state index contributed by atoms with van der Waals surface area (Å²) in [7, 11) is 5.10. The molecule has 2 aliphatic heterocycles. The van der Waals surface area contributed by atoms with Gasteiger partial charge in [0.2, 0.25) is 0 Å². The maximum absolute atomic E-state index is 12.1. The van der Waals surface area contributed by atoms with Gasteiger partial charge in [0.05, 0.1) is 7.11 Å². The van der Waals surface area contributed by atoms with Crippen molar-refractivity contribution >= 4 is 5.91 Å². The number of hydrogen-bond donors (Lipinski definition) is 1. The number of carbonyl (C=O) groups is 1. The van der Waals surface area contributed by atoms with E-state index in [1.165, 1.54) is 21.6 Å². The molecule has 1 fully saturated rings. The monoisotopic (exact) mass is 423 g/mol. The number of carbonyl (C=O) groups excluding carboxylic acids is 1. The molecule has 3 atom stereocenters. The summed E-state index contributed by atoms with van der Waals surface area (Å²) in [6.45, 7) is 4.03. The molecule has 2 aromatic carbocycles. The number of rotatable bonds is 5. The molecule has 6 nitrogen and oxygen atoms in total. The predicted molar refractivity (Wildman–Crippen MR) is 122 cm³/mol. The Hall–Kier alpha value is -2.57. The van der Waals surface area contributed by atoms with Crippen molar-refractivity contribution in [1.29, 1.82) is 0 Å². The van der Waals surface area contributed by atoms with Crippen molar-refractivity contribution in [3.8, 4) is 11.5 Å². The molecule has 2 aliphatic rings. The first-order valence-corrected chi connectivity index (χ1v) is 11.0. The second kappa shape index (κ2) is 8.89. The lowest BCUT2D eigenvalue weighted by atomic mass is 9.78. The standard InChI is InChI=1S/C25H33N3O3/c1-16-6-5-7-17(12-16)20-14-28-11-10-19-18(22(28)13-21(20)26)8-9-23(30-4)25(19)31-15-24(29)27(2)3/h5-9,12,20-22H,10-11,13-15,26H2,1-4H3. The Labute approximate surface area is 184 Å². The summed E-state index contributed by atoms with van der Waals surface area (Å²) in [5, 5.41) is 0. The molecule has 166 valence electrons. The highest BCUT2D eigenvalue weighted by atomic mass is 16.5. The van der Waals surface area contributed by atoms with Crippen LogP contribution in [-0.4, -0.2) is 62.7 Å². The van der Waals surface area contributed by atoms with Crippen LogP contribution in [0.3, 0.4) is 0 Å². The summed E-state index contributed by atoms with van der Waals surface area (Å²) in [5.41, 5.74) is 11.7. The summed E-state index contributed by atoms with van der Waals surface area (Å²) >= 11 is 0. The molecule has 0 bridgehead atoms. The Kier molecular flexibility index (Phi) is 6.21. The summed E-state index contributed by atoms with van der Waals surface area (Å²) in [6.07, 6.45) is 1.76. The van der Waals surface area contributed by atoms with Gasteiger partial charge in [-0.1, -0.05) is 35.9 Å². The Bertz CT molecular complexity index is 959. The van der Waals surface area contributed by atoms with Crippen LogP contribution in [0.25, 0.3) is 0 Å². The van der Waals surface area contributed by atoms with E-state index in [0.29, 0.717) is 17.4 Å². The molecular weight excluding hydrogens is 390 g/mol. The lowest BCUT2D eigenvalue weighted by Crippen LogP contribution is -2.49. The zero-order valence-corrected chi connectivity index (χ0v) is 18.9. The minimum atomic E-state index is -0.0715. The number of ether oxygens (including phenoxy) is 2. The normalized spacial score (nSPS) is 22.9. The van der Waals surface area contributed by atoms with Crippen molar-refractivity contribution in [3.05, 3.63) is 58.7 Å². The van der Waals surface area contributed by atoms with Gasteiger partial charge < -0.3 is 20.1 Å². The van der Waals surface area contributed by atoms with Gasteiger partial charge in [0.1, 0.15) is 0 Å². The zero-order valence-electron chi connectivity index (χ0n) is 18.9. The van der Waals surface area contributed by atoms with E-state index in [1.807, 2.05) is 6.07 Å². The minimum absolute atomic E-state index is 0.00312. The van der Waals surface area contributed by atoms with Gasteiger partial charge in [0.15, 0.2) is 18.1 Å². The fraction of sp³-hybridized carbons (Fsp3) is 0.480. The SMILES string of the molecule is COc1ccc2c(c1OCC(=O)N(C)C)CCN1CC(c3cccc(C)c3)C(N)CC21. The number of nitrogens with two attached hydrogens (primary N) is 1. The summed E-state index contributed by atoms with van der Waals surface area (Å²) in [4.78, 5) is 16.2. The van der Waals surface area contributed by atoms with Crippen molar-refractivity contribution in [2.24, 2.45) is 5.73 Å². The maximum atomic E-state index is 12.1. The third-order valence-electron chi connectivity index (χ3n) is 6.68. The van der Waals surface area contributed by atoms with Gasteiger partial charge in [-0.2, -0.15) is 0 Å². The number of likely N-dealkylation sites (N-methyl/N-ethyl adjacent to an activating group) is 1. The van der Waals surface area contributed by atoms with Gasteiger partial charge in [-0.15, -0.1) is 0 Å². The molecule has 6 heteroatoms. The van der Waals surface area contributed by atoms with Crippen LogP contribution in [0.2, 0.25) is 0 Å². The van der Waals surface area contributed by atoms with Gasteiger partial charge in [0.25, 0.3) is 5.91 Å². The average molecular weight is 424 g/mol. The highest BCUT2D eigenvalue weighted by Crippen LogP contribution is 2.45. The predicted octanol–water partition coefficient (Wildman–Crippen LogP) is 2.88. The van der Waals surface area contributed by atoms with Crippen LogP contribution in [0, 0.1) is 6.92 Å². The molecule has 31 heavy (non-hydrogen) atoms. The van der Waals surface area contributed by atoms with Crippen LogP contribution in [0.1, 0.15) is 40.6 Å². The van der Waals surface area contributed by atoms with Crippen LogP contribution in [0.5, 0.6) is 11.5 Å². The molecule has 0 saturated carbocycles. The number of aryl methyl sites for hydroxylation is 1. The third kappa shape index (κ3) is 4.27. The number of amides is 1. The fourth-order valence-corrected chi connectivity index (χ4v) is 4.94. The number of methoxy groups -OCH3 is 1. The molecule has 2 N–H and O–H groups in total. The molecule has 0 radical (unpaired) electrons. The topological polar surface area (TPSA) is 68.0 Å². The number of benzene rings is 2. The van der Waals surface area contributed by atoms with E-state index in [9.17, 15) is 4.79 Å². The fourth-order valence-electron chi connectivity index (χ4n) is 4.94. The van der Waals surface area contributed by atoms with E-state index in [4.69, 9.17) is 15.2 Å². The Morgan fingerprint density at radius 1 is 1.26 bits per heavy atom. The molecule has 1 saturated heterocycles. The highest BCUT2D eigenvalue weighted by Gasteiger charge is 2.39. The van der Waals surface area contributed by atoms with Crippen molar-refractivity contribution in [3.63, 3.8) is 0 Å². The van der Waals surface area contributed by atoms with Crippen LogP contribution >= 0.6 is 0 Å². The lowest BCUT2D eigenvalue weighted by molar-refractivity contribution is -0.130. The summed E-state index contributed by atoms with van der Waals surface area (Å²) in [5.74, 6) is 1.64. The van der Waals surface area contributed by atoms with Crippen LogP contribution in [0.15, 0.2) is 36.4 Å². The lowest BCUT2D eigenvalue weighted by Gasteiger charge is -2.46. The summed E-state index contributed by atoms with van der Waals surface area (Å²) < 4.78 is 11.6. The Morgan fingerprint density at radius 2 is 2.06 bits per heavy atom. The first kappa shape index (κ1) is 21.7. The van der Waals surface area contributed by atoms with Crippen LogP contribution < -0.4 is 15.2 Å². The second-order valence-electron chi connectivity index (χ2n) is 8.92. The number of piperidine rings is 1. The van der Waals surface area contributed by atoms with E-state index >= 15 is 0 Å². The first-order valence-electron chi connectivity index (χ1n) is 11.0. The average Bonchev–Trinajstić information content (AvgIpc) is 2.76. The maximum Gasteiger partial charge on any atom is 0.259 e. The zero-order chi connectivity index (χ0) is 22.1. The van der Waals surface area contributed by atoms with E-state index in [2.05, 4.69) is 42.2 Å². The van der Waals surface area contributed by atoms with Crippen molar-refractivity contribution in [2.75, 3.05) is 40.9 Å². The molecule has 4 rings (SSSR count). The molecule has 2 heterocycles. The second-order valence-corrected chi connectivity index (χ2v) is 8.92. The Morgan fingerprint density at radius 3 is 2.77 bits per heavy atom. The number of hydrogen-bond acceptors (Lipinski definition) is 5. The largest absolute Gasteiger partial charge is 0.493 e. The molecule has 0 aromatic heterocycles. The van der Waals surface area contributed by atoms with E-state index < -0.39 is 0 Å². The van der Waals surface area contributed by atoms with E-state index in [-0.39, 0.29) is 24.6 Å². The third-order valence-corrected chi connectivity index (χ3v) is 6.68. The Balaban J connectivity index is 1.60. The first-order chi connectivity index (χ1) is 14.9. The minimum Gasteiger partial charge on any atom is -0.493 e. The van der Waals surface area contributed by atoms with Gasteiger partial charge in [-0.3, -0.25) is 9.69 Å². The van der Waals surface area contributed by atoms with Crippen LogP contribution in [-0.2, 0) is 11.2 Å². The van der Waals surface area contributed by atoms with E-state index in [1.54, 1.807) is 21.2 Å². The number of nitrogens with zero attached hydrogens (tertiary/aromatic N) is 2. The van der Waals surface area contributed by atoms with E-state index in [0.717, 1.165) is 31.5 Å². The van der Waals surface area contributed by atoms with Crippen molar-refractivity contribution in [2.45, 2.75) is 37.8 Å². The van der Waals surface area contributed by atoms with Gasteiger partial charge in [-0.05, 0) is 37.0 Å². The van der Waals surface area contributed by atoms with Crippen molar-refractivity contribution in [1.82, 2.24) is 9.80 Å². The molecule has 0 spiro atoms.